The average molecular weight is 170 g/mol. The van der Waals surface area contributed by atoms with Gasteiger partial charge in [-0.25, -0.2) is 0 Å². The van der Waals surface area contributed by atoms with Gasteiger partial charge in [0, 0.05) is 6.54 Å². The van der Waals surface area contributed by atoms with Gasteiger partial charge >= 0.3 is 6.18 Å². The number of rotatable bonds is 4. The minimum absolute atomic E-state index is 0.159. The van der Waals surface area contributed by atoms with E-state index in [1.54, 1.807) is 0 Å². The van der Waals surface area contributed by atoms with Crippen molar-refractivity contribution < 1.29 is 18.0 Å². The van der Waals surface area contributed by atoms with Crippen LogP contribution in [0.3, 0.4) is 0 Å². The normalized spacial score (nSPS) is 12.4. The summed E-state index contributed by atoms with van der Waals surface area (Å²) in [6.07, 6.45) is -3.98. The number of oxime groups is 1. The van der Waals surface area contributed by atoms with E-state index in [1.807, 2.05) is 0 Å². The molecule has 0 unspecified atom stereocenters. The Morgan fingerprint density at radius 3 is 2.55 bits per heavy atom. The third-order valence-corrected chi connectivity index (χ3v) is 0.731. The molecule has 3 nitrogen and oxygen atoms in total. The zero-order valence-electron chi connectivity index (χ0n) is 5.77. The largest absolute Gasteiger partial charge is 0.396 e. The Morgan fingerprint density at radius 2 is 2.09 bits per heavy atom. The Kier molecular flexibility index (Phi) is 4.60. The van der Waals surface area contributed by atoms with Gasteiger partial charge in [0.15, 0.2) is 0 Å². The van der Waals surface area contributed by atoms with Crippen LogP contribution in [0, 0.1) is 0 Å². The van der Waals surface area contributed by atoms with Crippen LogP contribution in [-0.4, -0.2) is 25.5 Å². The van der Waals surface area contributed by atoms with Crippen molar-refractivity contribution in [3.05, 3.63) is 0 Å². The first kappa shape index (κ1) is 10.2. The standard InChI is InChI=1S/C5H9F3N2O/c6-5(7,8)1-4-11-10-3-2-9/h3H,1-2,4,9H2/b10-3+. The summed E-state index contributed by atoms with van der Waals surface area (Å²) in [5.74, 6) is 0. The van der Waals surface area contributed by atoms with Crippen molar-refractivity contribution in [3.63, 3.8) is 0 Å². The molecular formula is C5H9F3N2O. The molecule has 11 heavy (non-hydrogen) atoms. The molecule has 0 spiro atoms. The van der Waals surface area contributed by atoms with Gasteiger partial charge in [-0.15, -0.1) is 0 Å². The molecule has 0 aliphatic rings. The second-order valence-corrected chi connectivity index (χ2v) is 1.72. The molecule has 0 aromatic carbocycles. The van der Waals surface area contributed by atoms with E-state index in [0.717, 1.165) is 0 Å². The number of nitrogens with zero attached hydrogens (tertiary/aromatic N) is 1. The molecule has 0 aliphatic heterocycles. The Balaban J connectivity index is 3.21. The van der Waals surface area contributed by atoms with Crippen LogP contribution in [0.2, 0.25) is 0 Å². The van der Waals surface area contributed by atoms with Crippen molar-refractivity contribution in [2.24, 2.45) is 10.9 Å². The maximum atomic E-state index is 11.4. The highest BCUT2D eigenvalue weighted by Crippen LogP contribution is 2.18. The van der Waals surface area contributed by atoms with Crippen molar-refractivity contribution in [1.82, 2.24) is 0 Å². The molecule has 0 heterocycles. The van der Waals surface area contributed by atoms with Crippen LogP contribution in [0.15, 0.2) is 5.16 Å². The molecule has 0 atom stereocenters. The highest BCUT2D eigenvalue weighted by Gasteiger charge is 2.26. The summed E-state index contributed by atoms with van der Waals surface area (Å²) >= 11 is 0. The Hall–Kier alpha value is -0.780. The van der Waals surface area contributed by atoms with Crippen LogP contribution in [0.5, 0.6) is 0 Å². The molecule has 0 bridgehead atoms. The van der Waals surface area contributed by atoms with Crippen molar-refractivity contribution in [2.45, 2.75) is 12.6 Å². The van der Waals surface area contributed by atoms with E-state index in [4.69, 9.17) is 5.73 Å². The van der Waals surface area contributed by atoms with Gasteiger partial charge in [0.05, 0.1) is 12.6 Å². The number of hydrogen-bond donors (Lipinski definition) is 1. The molecular weight excluding hydrogens is 161 g/mol. The van der Waals surface area contributed by atoms with Gasteiger partial charge in [-0.1, -0.05) is 5.16 Å². The van der Waals surface area contributed by atoms with Crippen LogP contribution in [-0.2, 0) is 4.84 Å². The summed E-state index contributed by atoms with van der Waals surface area (Å²) in [6.45, 7) is -0.300. The first-order valence-electron chi connectivity index (χ1n) is 2.97. The first-order chi connectivity index (χ1) is 5.06. The molecule has 2 N–H and O–H groups in total. The van der Waals surface area contributed by atoms with Gasteiger partial charge in [0.1, 0.15) is 6.61 Å². The highest BCUT2D eigenvalue weighted by molar-refractivity contribution is 5.58. The monoisotopic (exact) mass is 170 g/mol. The fraction of sp³-hybridized carbons (Fsp3) is 0.800. The van der Waals surface area contributed by atoms with E-state index in [1.165, 1.54) is 6.21 Å². The lowest BCUT2D eigenvalue weighted by Gasteiger charge is -2.03. The van der Waals surface area contributed by atoms with Crippen LogP contribution in [0.1, 0.15) is 6.42 Å². The number of alkyl halides is 3. The van der Waals surface area contributed by atoms with E-state index >= 15 is 0 Å². The predicted molar refractivity (Wildman–Crippen MR) is 34.2 cm³/mol. The number of hydrogen-bond acceptors (Lipinski definition) is 3. The third kappa shape index (κ3) is 9.22. The highest BCUT2D eigenvalue weighted by atomic mass is 19.4. The van der Waals surface area contributed by atoms with Gasteiger partial charge in [0.25, 0.3) is 0 Å². The fourth-order valence-corrected chi connectivity index (χ4v) is 0.310. The first-order valence-corrected chi connectivity index (χ1v) is 2.97. The molecule has 6 heteroatoms. The van der Waals surface area contributed by atoms with E-state index in [0.29, 0.717) is 0 Å². The zero-order valence-corrected chi connectivity index (χ0v) is 5.77. The Bertz CT molecular complexity index is 123. The van der Waals surface area contributed by atoms with Crippen molar-refractivity contribution in [1.29, 1.82) is 0 Å². The molecule has 0 aliphatic carbocycles. The van der Waals surface area contributed by atoms with E-state index in [-0.39, 0.29) is 6.54 Å². The molecule has 0 radical (unpaired) electrons. The van der Waals surface area contributed by atoms with Gasteiger partial charge in [-0.05, 0) is 0 Å². The summed E-state index contributed by atoms with van der Waals surface area (Å²) < 4.78 is 34.2. The van der Waals surface area contributed by atoms with Crippen LogP contribution in [0.25, 0.3) is 0 Å². The third-order valence-electron chi connectivity index (χ3n) is 0.731. The van der Waals surface area contributed by atoms with Crippen LogP contribution in [0.4, 0.5) is 13.2 Å². The quantitative estimate of drug-likeness (QED) is 0.387. The van der Waals surface area contributed by atoms with E-state index < -0.39 is 19.2 Å². The smallest absolute Gasteiger partial charge is 0.392 e. The molecule has 0 fully saturated rings. The number of halogens is 3. The fourth-order valence-electron chi connectivity index (χ4n) is 0.310. The summed E-state index contributed by atoms with van der Waals surface area (Å²) in [7, 11) is 0. The Labute approximate surface area is 62.0 Å². The predicted octanol–water partition coefficient (Wildman–Crippen LogP) is 0.900. The summed E-state index contributed by atoms with van der Waals surface area (Å²) in [4.78, 5) is 4.22. The second-order valence-electron chi connectivity index (χ2n) is 1.72. The minimum Gasteiger partial charge on any atom is -0.396 e. The lowest BCUT2D eigenvalue weighted by Crippen LogP contribution is -2.10. The van der Waals surface area contributed by atoms with Gasteiger partial charge < -0.3 is 10.6 Å². The van der Waals surface area contributed by atoms with Gasteiger partial charge in [-0.3, -0.25) is 0 Å². The topological polar surface area (TPSA) is 47.6 Å². The second kappa shape index (κ2) is 4.95. The molecule has 0 aromatic rings. The molecule has 66 valence electrons. The lowest BCUT2D eigenvalue weighted by molar-refractivity contribution is -0.145. The number of nitrogens with two attached hydrogens (primary N) is 1. The summed E-state index contributed by atoms with van der Waals surface area (Å²) in [6, 6.07) is 0. The summed E-state index contributed by atoms with van der Waals surface area (Å²) in [5.41, 5.74) is 4.95. The maximum absolute atomic E-state index is 11.4. The van der Waals surface area contributed by atoms with Crippen LogP contribution >= 0.6 is 0 Å². The minimum atomic E-state index is -4.18. The molecule has 0 saturated carbocycles. The molecule has 0 amide bonds. The van der Waals surface area contributed by atoms with E-state index in [9.17, 15) is 13.2 Å². The average Bonchev–Trinajstić information content (AvgIpc) is 1.85. The maximum Gasteiger partial charge on any atom is 0.392 e. The van der Waals surface area contributed by atoms with E-state index in [2.05, 4.69) is 9.99 Å². The zero-order chi connectivity index (χ0) is 8.74. The SMILES string of the molecule is NC/C=N/OCCC(F)(F)F. The Morgan fingerprint density at radius 1 is 1.45 bits per heavy atom. The van der Waals surface area contributed by atoms with Crippen molar-refractivity contribution in [2.75, 3.05) is 13.2 Å². The molecule has 0 rings (SSSR count). The molecule has 0 saturated heterocycles. The molecule has 0 aromatic heterocycles. The summed E-state index contributed by atoms with van der Waals surface area (Å²) in [5, 5.41) is 3.14. The lowest BCUT2D eigenvalue weighted by atomic mass is 10.5. The van der Waals surface area contributed by atoms with Gasteiger partial charge in [0.2, 0.25) is 0 Å². The van der Waals surface area contributed by atoms with Crippen molar-refractivity contribution in [3.8, 4) is 0 Å². The van der Waals surface area contributed by atoms with Gasteiger partial charge in [-0.2, -0.15) is 13.2 Å². The van der Waals surface area contributed by atoms with Crippen molar-refractivity contribution >= 4 is 6.21 Å². The van der Waals surface area contributed by atoms with Crippen LogP contribution < -0.4 is 5.73 Å².